The maximum atomic E-state index is 10.9. The average molecular weight is 349 g/mol. The van der Waals surface area contributed by atoms with E-state index in [1.807, 2.05) is 0 Å². The van der Waals surface area contributed by atoms with Crippen LogP contribution in [0.4, 0.5) is 5.69 Å². The third kappa shape index (κ3) is 3.82. The van der Waals surface area contributed by atoms with Gasteiger partial charge >= 0.3 is 5.97 Å². The summed E-state index contributed by atoms with van der Waals surface area (Å²) in [4.78, 5) is 10.9. The number of nitrogens with zero attached hydrogens (tertiary/aromatic N) is 1. The second kappa shape index (κ2) is 6.41. The minimum absolute atomic E-state index is 0.125. The van der Waals surface area contributed by atoms with Gasteiger partial charge in [0.1, 0.15) is 5.75 Å². The zero-order chi connectivity index (χ0) is 15.4. The van der Waals surface area contributed by atoms with Gasteiger partial charge in [0.05, 0.1) is 17.0 Å². The summed E-state index contributed by atoms with van der Waals surface area (Å²) in [5.74, 6) is -0.871. The minimum Gasteiger partial charge on any atom is -0.507 e. The van der Waals surface area contributed by atoms with E-state index in [1.54, 1.807) is 37.3 Å². The molecule has 21 heavy (non-hydrogen) atoms. The number of benzene rings is 2. The molecule has 0 radical (unpaired) electrons. The molecule has 0 atom stereocenters. The molecule has 0 amide bonds. The molecule has 0 aromatic heterocycles. The van der Waals surface area contributed by atoms with E-state index in [2.05, 4.69) is 26.5 Å². The molecule has 0 saturated carbocycles. The molecule has 0 aliphatic rings. The molecule has 5 nitrogen and oxygen atoms in total. The first-order chi connectivity index (χ1) is 9.97. The van der Waals surface area contributed by atoms with Gasteiger partial charge in [-0.25, -0.2) is 4.79 Å². The Balaban J connectivity index is 2.22. The number of hydrogen-bond acceptors (Lipinski definition) is 4. The van der Waals surface area contributed by atoms with Crippen LogP contribution in [0.3, 0.4) is 0 Å². The fourth-order valence-electron chi connectivity index (χ4n) is 1.73. The molecule has 0 saturated heterocycles. The van der Waals surface area contributed by atoms with E-state index in [0.717, 1.165) is 4.47 Å². The molecule has 0 unspecified atom stereocenters. The van der Waals surface area contributed by atoms with Crippen molar-refractivity contribution in [1.82, 2.24) is 0 Å². The Hall–Kier alpha value is -2.34. The van der Waals surface area contributed by atoms with Gasteiger partial charge in [-0.2, -0.15) is 5.10 Å². The number of rotatable bonds is 4. The lowest BCUT2D eigenvalue weighted by Crippen LogP contribution is -2.01. The molecular formula is C15H13BrN2O3. The number of aromatic hydroxyl groups is 1. The summed E-state index contributed by atoms with van der Waals surface area (Å²) in [6.45, 7) is 1.75. The highest BCUT2D eigenvalue weighted by molar-refractivity contribution is 9.10. The number of nitrogens with one attached hydrogen (secondary N) is 1. The number of carboxylic acids is 1. The first-order valence-corrected chi connectivity index (χ1v) is 6.89. The van der Waals surface area contributed by atoms with Crippen molar-refractivity contribution < 1.29 is 15.0 Å². The van der Waals surface area contributed by atoms with E-state index in [1.165, 1.54) is 12.1 Å². The van der Waals surface area contributed by atoms with Crippen LogP contribution < -0.4 is 5.43 Å². The van der Waals surface area contributed by atoms with Gasteiger partial charge in [-0.1, -0.05) is 22.0 Å². The molecule has 2 rings (SSSR count). The van der Waals surface area contributed by atoms with E-state index in [0.29, 0.717) is 17.0 Å². The van der Waals surface area contributed by atoms with Crippen molar-refractivity contribution in [3.8, 4) is 5.75 Å². The largest absolute Gasteiger partial charge is 0.507 e. The normalized spacial score (nSPS) is 11.2. The highest BCUT2D eigenvalue weighted by Crippen LogP contribution is 2.22. The SMILES string of the molecule is C/C(=N\Nc1cccc(C(=O)O)c1)c1cc(Br)ccc1O. The molecule has 108 valence electrons. The van der Waals surface area contributed by atoms with Crippen LogP contribution in [0.1, 0.15) is 22.8 Å². The Morgan fingerprint density at radius 1 is 1.24 bits per heavy atom. The van der Waals surface area contributed by atoms with Crippen molar-refractivity contribution in [1.29, 1.82) is 0 Å². The van der Waals surface area contributed by atoms with Gasteiger partial charge in [-0.05, 0) is 43.3 Å². The molecule has 0 aliphatic carbocycles. The first-order valence-electron chi connectivity index (χ1n) is 6.10. The van der Waals surface area contributed by atoms with E-state index in [-0.39, 0.29) is 11.3 Å². The van der Waals surface area contributed by atoms with Crippen molar-refractivity contribution >= 4 is 33.3 Å². The molecule has 2 aromatic carbocycles. The Morgan fingerprint density at radius 2 is 2.00 bits per heavy atom. The van der Waals surface area contributed by atoms with E-state index in [9.17, 15) is 9.90 Å². The van der Waals surface area contributed by atoms with Gasteiger partial charge in [0.2, 0.25) is 0 Å². The Labute approximate surface area is 130 Å². The van der Waals surface area contributed by atoms with Crippen molar-refractivity contribution in [2.24, 2.45) is 5.10 Å². The highest BCUT2D eigenvalue weighted by Gasteiger charge is 2.06. The summed E-state index contributed by atoms with van der Waals surface area (Å²) in [5, 5.41) is 22.9. The monoisotopic (exact) mass is 348 g/mol. The number of carbonyl (C=O) groups is 1. The summed E-state index contributed by atoms with van der Waals surface area (Å²) in [5.41, 5.74) is 4.69. The van der Waals surface area contributed by atoms with E-state index >= 15 is 0 Å². The van der Waals surface area contributed by atoms with Crippen LogP contribution >= 0.6 is 15.9 Å². The van der Waals surface area contributed by atoms with Crippen molar-refractivity contribution in [2.45, 2.75) is 6.92 Å². The molecule has 0 heterocycles. The van der Waals surface area contributed by atoms with Gasteiger partial charge in [0.25, 0.3) is 0 Å². The zero-order valence-corrected chi connectivity index (χ0v) is 12.8. The molecule has 3 N–H and O–H groups in total. The fraction of sp³-hybridized carbons (Fsp3) is 0.0667. The molecule has 6 heteroatoms. The van der Waals surface area contributed by atoms with Crippen molar-refractivity contribution in [3.05, 3.63) is 58.1 Å². The molecule has 2 aromatic rings. The number of aromatic carboxylic acids is 1. The van der Waals surface area contributed by atoms with Crippen LogP contribution in [-0.4, -0.2) is 21.9 Å². The predicted octanol–water partition coefficient (Wildman–Crippen LogP) is 3.69. The third-order valence-corrected chi connectivity index (χ3v) is 3.30. The van der Waals surface area contributed by atoms with Gasteiger partial charge < -0.3 is 10.2 Å². The average Bonchev–Trinajstić information content (AvgIpc) is 2.47. The summed E-state index contributed by atoms with van der Waals surface area (Å²) in [6.07, 6.45) is 0. The fourth-order valence-corrected chi connectivity index (χ4v) is 2.09. The number of phenolic OH excluding ortho intramolecular Hbond substituents is 1. The van der Waals surface area contributed by atoms with Gasteiger partial charge in [0.15, 0.2) is 0 Å². The summed E-state index contributed by atoms with van der Waals surface area (Å²) < 4.78 is 0.831. The van der Waals surface area contributed by atoms with Gasteiger partial charge in [-0.3, -0.25) is 5.43 Å². The zero-order valence-electron chi connectivity index (χ0n) is 11.2. The Kier molecular flexibility index (Phi) is 4.59. The van der Waals surface area contributed by atoms with Crippen LogP contribution in [0.15, 0.2) is 52.0 Å². The third-order valence-electron chi connectivity index (χ3n) is 2.81. The standard InChI is InChI=1S/C15H13BrN2O3/c1-9(13-8-11(16)5-6-14(13)19)17-18-12-4-2-3-10(7-12)15(20)21/h2-8,18-19H,1H3,(H,20,21)/b17-9+. The van der Waals surface area contributed by atoms with Crippen LogP contribution in [0.25, 0.3) is 0 Å². The molecule has 0 bridgehead atoms. The lowest BCUT2D eigenvalue weighted by Gasteiger charge is -2.06. The number of phenols is 1. The number of anilines is 1. The summed E-state index contributed by atoms with van der Waals surface area (Å²) in [6, 6.07) is 11.4. The van der Waals surface area contributed by atoms with Crippen LogP contribution in [0, 0.1) is 0 Å². The number of hydrogen-bond donors (Lipinski definition) is 3. The second-order valence-electron chi connectivity index (χ2n) is 4.36. The van der Waals surface area contributed by atoms with E-state index in [4.69, 9.17) is 5.11 Å². The number of carboxylic acid groups (broad SMARTS) is 1. The van der Waals surface area contributed by atoms with Crippen LogP contribution in [0.5, 0.6) is 5.75 Å². The summed E-state index contributed by atoms with van der Waals surface area (Å²) >= 11 is 3.33. The molecular weight excluding hydrogens is 336 g/mol. The molecule has 0 aliphatic heterocycles. The molecule has 0 spiro atoms. The van der Waals surface area contributed by atoms with Crippen LogP contribution in [0.2, 0.25) is 0 Å². The number of hydrazone groups is 1. The summed E-state index contributed by atoms with van der Waals surface area (Å²) in [7, 11) is 0. The second-order valence-corrected chi connectivity index (χ2v) is 5.27. The maximum absolute atomic E-state index is 10.9. The lowest BCUT2D eigenvalue weighted by atomic mass is 10.1. The van der Waals surface area contributed by atoms with Crippen molar-refractivity contribution in [2.75, 3.05) is 5.43 Å². The lowest BCUT2D eigenvalue weighted by molar-refractivity contribution is 0.0697. The smallest absolute Gasteiger partial charge is 0.335 e. The quantitative estimate of drug-likeness (QED) is 0.581. The topological polar surface area (TPSA) is 81.9 Å². The molecule has 0 fully saturated rings. The van der Waals surface area contributed by atoms with Crippen molar-refractivity contribution in [3.63, 3.8) is 0 Å². The van der Waals surface area contributed by atoms with Crippen LogP contribution in [-0.2, 0) is 0 Å². The predicted molar refractivity (Wildman–Crippen MR) is 85.0 cm³/mol. The van der Waals surface area contributed by atoms with Gasteiger partial charge in [-0.15, -0.1) is 0 Å². The Bertz CT molecular complexity index is 714. The van der Waals surface area contributed by atoms with E-state index < -0.39 is 5.97 Å². The maximum Gasteiger partial charge on any atom is 0.335 e. The highest BCUT2D eigenvalue weighted by atomic mass is 79.9. The number of halogens is 1. The Morgan fingerprint density at radius 3 is 2.71 bits per heavy atom. The van der Waals surface area contributed by atoms with Gasteiger partial charge in [0, 0.05) is 10.0 Å². The minimum atomic E-state index is -0.996. The first kappa shape index (κ1) is 15.1.